The number of benzene rings is 2. The lowest BCUT2D eigenvalue weighted by molar-refractivity contribution is 0.359. The van der Waals surface area contributed by atoms with Crippen LogP contribution in [0.4, 0.5) is 17.6 Å². The summed E-state index contributed by atoms with van der Waals surface area (Å²) in [6, 6.07) is 4.25. The van der Waals surface area contributed by atoms with Gasteiger partial charge in [-0.25, -0.2) is 17.6 Å². The van der Waals surface area contributed by atoms with Crippen LogP contribution in [0.3, 0.4) is 0 Å². The first-order valence-electron chi connectivity index (χ1n) is 5.28. The Labute approximate surface area is 134 Å². The van der Waals surface area contributed by atoms with E-state index in [0.29, 0.717) is 4.47 Å². The quantitative estimate of drug-likeness (QED) is 0.631. The summed E-state index contributed by atoms with van der Waals surface area (Å²) in [6.07, 6.45) is 0. The second-order valence-electron chi connectivity index (χ2n) is 3.62. The molecule has 21 heavy (non-hydrogen) atoms. The Morgan fingerprint density at radius 3 is 1.48 bits per heavy atom. The van der Waals surface area contributed by atoms with Crippen LogP contribution >= 0.6 is 31.9 Å². The molecule has 0 aliphatic rings. The maximum absolute atomic E-state index is 12.7. The Balaban J connectivity index is 0.000000211. The summed E-state index contributed by atoms with van der Waals surface area (Å²) < 4.78 is 55.2. The van der Waals surface area contributed by atoms with Crippen molar-refractivity contribution in [3.05, 3.63) is 56.5 Å². The fourth-order valence-corrected chi connectivity index (χ4v) is 2.06. The molecule has 0 fully saturated rings. The van der Waals surface area contributed by atoms with Crippen LogP contribution in [0.2, 0.25) is 0 Å². The van der Waals surface area contributed by atoms with Crippen molar-refractivity contribution in [1.82, 2.24) is 0 Å². The van der Waals surface area contributed by atoms with Crippen LogP contribution in [0.25, 0.3) is 0 Å². The van der Waals surface area contributed by atoms with Crippen LogP contribution < -0.4 is 4.74 Å². The number of rotatable bonds is 1. The molecule has 0 atom stereocenters. The lowest BCUT2D eigenvalue weighted by Crippen LogP contribution is -1.91. The van der Waals surface area contributed by atoms with Crippen molar-refractivity contribution in [3.8, 4) is 11.5 Å². The molecule has 0 bridgehead atoms. The number of aromatic hydroxyl groups is 1. The minimum Gasteiger partial charge on any atom is -0.503 e. The fourth-order valence-electron chi connectivity index (χ4n) is 1.26. The van der Waals surface area contributed by atoms with Gasteiger partial charge in [0.1, 0.15) is 0 Å². The van der Waals surface area contributed by atoms with Gasteiger partial charge in [0.15, 0.2) is 34.8 Å². The third kappa shape index (κ3) is 4.89. The largest absolute Gasteiger partial charge is 0.503 e. The van der Waals surface area contributed by atoms with E-state index in [4.69, 9.17) is 5.11 Å². The molecule has 0 heterocycles. The van der Waals surface area contributed by atoms with Gasteiger partial charge in [0.2, 0.25) is 0 Å². The van der Waals surface area contributed by atoms with Crippen molar-refractivity contribution in [3.63, 3.8) is 0 Å². The molecule has 2 rings (SSSR count). The smallest absolute Gasteiger partial charge is 0.190 e. The van der Waals surface area contributed by atoms with Crippen molar-refractivity contribution in [2.75, 3.05) is 7.11 Å². The number of hydrogen-bond donors (Lipinski definition) is 1. The number of hydrogen-bond acceptors (Lipinski definition) is 2. The Kier molecular flexibility index (Phi) is 6.47. The van der Waals surface area contributed by atoms with E-state index in [1.54, 1.807) is 0 Å². The zero-order valence-electron chi connectivity index (χ0n) is 10.4. The van der Waals surface area contributed by atoms with Crippen molar-refractivity contribution < 1.29 is 27.4 Å². The van der Waals surface area contributed by atoms with Crippen molar-refractivity contribution in [2.45, 2.75) is 0 Å². The molecule has 0 spiro atoms. The summed E-state index contributed by atoms with van der Waals surface area (Å²) in [7, 11) is 1.22. The van der Waals surface area contributed by atoms with Crippen molar-refractivity contribution in [1.29, 1.82) is 0 Å². The summed E-state index contributed by atoms with van der Waals surface area (Å²) in [5, 5.41) is 8.56. The van der Waals surface area contributed by atoms with Gasteiger partial charge < -0.3 is 9.84 Å². The van der Waals surface area contributed by atoms with E-state index < -0.39 is 29.0 Å². The van der Waals surface area contributed by atoms with E-state index in [9.17, 15) is 17.6 Å². The van der Waals surface area contributed by atoms with Crippen LogP contribution in [0.1, 0.15) is 0 Å². The molecule has 0 aliphatic heterocycles. The van der Waals surface area contributed by atoms with Gasteiger partial charge in [0, 0.05) is 8.95 Å². The van der Waals surface area contributed by atoms with Crippen LogP contribution in [0, 0.1) is 23.3 Å². The monoisotopic (exact) mass is 430 g/mol. The van der Waals surface area contributed by atoms with Crippen molar-refractivity contribution >= 4 is 31.9 Å². The molecule has 0 aliphatic carbocycles. The van der Waals surface area contributed by atoms with Crippen molar-refractivity contribution in [2.24, 2.45) is 0 Å². The van der Waals surface area contributed by atoms with Crippen LogP contribution in [0.5, 0.6) is 11.5 Å². The first-order valence-corrected chi connectivity index (χ1v) is 6.87. The van der Waals surface area contributed by atoms with E-state index >= 15 is 0 Å². The molecule has 0 amide bonds. The van der Waals surface area contributed by atoms with Gasteiger partial charge in [-0.2, -0.15) is 0 Å². The summed E-state index contributed by atoms with van der Waals surface area (Å²) in [5.74, 6) is -4.64. The molecule has 2 nitrogen and oxygen atoms in total. The number of phenols is 1. The van der Waals surface area contributed by atoms with Gasteiger partial charge in [0.25, 0.3) is 0 Å². The van der Waals surface area contributed by atoms with Crippen LogP contribution in [-0.2, 0) is 0 Å². The SMILES string of the molecule is COc1c(F)cc(Br)cc1F.Oc1c(F)cc(Br)cc1F. The van der Waals surface area contributed by atoms with E-state index in [1.165, 1.54) is 7.11 Å². The summed E-state index contributed by atoms with van der Waals surface area (Å²) >= 11 is 5.80. The molecule has 0 saturated carbocycles. The molecule has 0 radical (unpaired) electrons. The van der Waals surface area contributed by atoms with E-state index in [-0.39, 0.29) is 10.2 Å². The van der Waals surface area contributed by atoms with Gasteiger partial charge in [-0.1, -0.05) is 31.9 Å². The average Bonchev–Trinajstić information content (AvgIpc) is 2.36. The molecule has 0 unspecified atom stereocenters. The lowest BCUT2D eigenvalue weighted by Gasteiger charge is -2.02. The second kappa shape index (κ2) is 7.65. The van der Waals surface area contributed by atoms with E-state index in [0.717, 1.165) is 24.3 Å². The second-order valence-corrected chi connectivity index (χ2v) is 5.45. The number of ether oxygens (including phenoxy) is 1. The first kappa shape index (κ1) is 17.8. The Hall–Kier alpha value is -1.28. The molecule has 114 valence electrons. The Morgan fingerprint density at radius 2 is 1.14 bits per heavy atom. The molecule has 2 aromatic rings. The highest BCUT2D eigenvalue weighted by Gasteiger charge is 2.09. The van der Waals surface area contributed by atoms with Gasteiger partial charge in [-0.15, -0.1) is 0 Å². The topological polar surface area (TPSA) is 29.5 Å². The molecular weight excluding hydrogens is 424 g/mol. The van der Waals surface area contributed by atoms with Crippen LogP contribution in [0.15, 0.2) is 33.2 Å². The minimum atomic E-state index is -0.966. The van der Waals surface area contributed by atoms with E-state index in [1.807, 2.05) is 0 Å². The van der Waals surface area contributed by atoms with Gasteiger partial charge in [-0.05, 0) is 24.3 Å². The molecule has 1 N–H and O–H groups in total. The predicted octanol–water partition coefficient (Wildman–Crippen LogP) is 5.17. The van der Waals surface area contributed by atoms with E-state index in [2.05, 4.69) is 36.6 Å². The average molecular weight is 432 g/mol. The normalized spacial score (nSPS) is 9.86. The molecule has 2 aromatic carbocycles. The van der Waals surface area contributed by atoms with Gasteiger partial charge in [-0.3, -0.25) is 0 Å². The fraction of sp³-hybridized carbons (Fsp3) is 0.0769. The standard InChI is InChI=1S/C7H5BrF2O.C6H3BrF2O/c1-11-7-5(9)2-4(8)3-6(7)10;7-3-1-4(8)6(10)5(9)2-3/h2-3H,1H3;1-2,10H. The third-order valence-corrected chi connectivity index (χ3v) is 3.06. The highest BCUT2D eigenvalue weighted by molar-refractivity contribution is 9.10. The Morgan fingerprint density at radius 1 is 0.810 bits per heavy atom. The number of phenolic OH excluding ortho intramolecular Hbond substituents is 1. The van der Waals surface area contributed by atoms with Gasteiger partial charge >= 0.3 is 0 Å². The Bertz CT molecular complexity index is 604. The predicted molar refractivity (Wildman–Crippen MR) is 76.3 cm³/mol. The zero-order valence-corrected chi connectivity index (χ0v) is 13.6. The highest BCUT2D eigenvalue weighted by Crippen LogP contribution is 2.25. The first-order chi connectivity index (χ1) is 9.76. The zero-order chi connectivity index (χ0) is 16.2. The van der Waals surface area contributed by atoms with Gasteiger partial charge in [0.05, 0.1) is 7.11 Å². The third-order valence-electron chi connectivity index (χ3n) is 2.15. The highest BCUT2D eigenvalue weighted by atomic mass is 79.9. The minimum absolute atomic E-state index is 0.264. The summed E-state index contributed by atoms with van der Waals surface area (Å²) in [4.78, 5) is 0. The molecule has 8 heteroatoms. The molecular formula is C13H8Br2F4O2. The van der Waals surface area contributed by atoms with Crippen LogP contribution in [-0.4, -0.2) is 12.2 Å². The maximum Gasteiger partial charge on any atom is 0.190 e. The lowest BCUT2D eigenvalue weighted by atomic mass is 10.3. The number of methoxy groups -OCH3 is 1. The molecule has 0 saturated heterocycles. The maximum atomic E-state index is 12.7. The number of halogens is 6. The summed E-state index contributed by atoms with van der Waals surface area (Å²) in [5.41, 5.74) is 0. The molecule has 0 aromatic heterocycles. The summed E-state index contributed by atoms with van der Waals surface area (Å²) in [6.45, 7) is 0.